The number of aromatic amines is 1. The summed E-state index contributed by atoms with van der Waals surface area (Å²) < 4.78 is 0. The first-order valence-corrected chi connectivity index (χ1v) is 10.7. The van der Waals surface area contributed by atoms with E-state index in [0.29, 0.717) is 5.15 Å². The lowest BCUT2D eigenvalue weighted by molar-refractivity contribution is -0.115. The molecule has 0 fully saturated rings. The van der Waals surface area contributed by atoms with E-state index in [2.05, 4.69) is 40.3 Å². The first-order valence-electron chi connectivity index (χ1n) is 10.3. The van der Waals surface area contributed by atoms with Gasteiger partial charge in [0, 0.05) is 41.5 Å². The molecule has 2 aromatic heterocycles. The quantitative estimate of drug-likeness (QED) is 0.301. The molecule has 0 bridgehead atoms. The molecule has 1 amide bonds. The lowest BCUT2D eigenvalue weighted by Gasteiger charge is -2.23. The summed E-state index contributed by atoms with van der Waals surface area (Å²) in [4.78, 5) is 22.0. The van der Waals surface area contributed by atoms with E-state index in [4.69, 9.17) is 11.6 Å². The van der Waals surface area contributed by atoms with Crippen LogP contribution in [-0.2, 0) is 4.79 Å². The van der Waals surface area contributed by atoms with Crippen molar-refractivity contribution >= 4 is 39.8 Å². The molecular weight excluding hydrogens is 418 g/mol. The highest BCUT2D eigenvalue weighted by molar-refractivity contribution is 6.29. The molecule has 0 unspecified atom stereocenters. The first kappa shape index (κ1) is 20.0. The summed E-state index contributed by atoms with van der Waals surface area (Å²) in [5, 5.41) is 1.57. The number of nitrogens with zero attached hydrogens (tertiary/aromatic N) is 2. The summed E-state index contributed by atoms with van der Waals surface area (Å²) in [6.45, 7) is 1.58. The molecule has 0 saturated carbocycles. The molecule has 5 rings (SSSR count). The Kier molecular flexibility index (Phi) is 5.21. The molecule has 32 heavy (non-hydrogen) atoms. The van der Waals surface area contributed by atoms with Crippen LogP contribution in [0.25, 0.3) is 33.2 Å². The summed E-state index contributed by atoms with van der Waals surface area (Å²) in [6, 6.07) is 27.8. The zero-order valence-corrected chi connectivity index (χ0v) is 18.2. The van der Waals surface area contributed by atoms with E-state index in [0.717, 1.165) is 44.5 Å². The van der Waals surface area contributed by atoms with Crippen LogP contribution in [0.4, 0.5) is 11.4 Å². The van der Waals surface area contributed by atoms with Crippen LogP contribution in [0.2, 0.25) is 5.15 Å². The molecule has 3 aromatic carbocycles. The number of aromatic nitrogens is 2. The lowest BCUT2D eigenvalue weighted by atomic mass is 9.96. The van der Waals surface area contributed by atoms with Gasteiger partial charge >= 0.3 is 0 Å². The molecule has 156 valence electrons. The van der Waals surface area contributed by atoms with Crippen molar-refractivity contribution in [2.75, 3.05) is 4.90 Å². The third-order valence-electron chi connectivity index (χ3n) is 5.47. The van der Waals surface area contributed by atoms with E-state index in [9.17, 15) is 4.79 Å². The number of carbonyl (C=O) groups excluding carboxylic acids is 1. The number of pyridine rings is 1. The number of nitrogens with one attached hydrogen (secondary N) is 1. The Hall–Kier alpha value is -3.89. The van der Waals surface area contributed by atoms with Gasteiger partial charge in [0.2, 0.25) is 5.91 Å². The van der Waals surface area contributed by atoms with Crippen molar-refractivity contribution in [1.29, 1.82) is 0 Å². The topological polar surface area (TPSA) is 49.0 Å². The van der Waals surface area contributed by atoms with Crippen molar-refractivity contribution in [1.82, 2.24) is 9.97 Å². The molecule has 0 aliphatic rings. The standard InChI is InChI=1S/C27H20ClN3O/c1-18(32)31(22-6-3-2-4-7-22)23-15-20(19-10-11-27(28)30-17-19)14-21(16-23)24-8-5-9-26-25(24)12-13-29-26/h2-17,29H,1H3. The molecule has 0 spiro atoms. The molecular formula is C27H20ClN3O. The zero-order valence-electron chi connectivity index (χ0n) is 17.4. The van der Waals surface area contributed by atoms with Gasteiger partial charge in [0.25, 0.3) is 0 Å². The number of fused-ring (bicyclic) bond motifs is 1. The summed E-state index contributed by atoms with van der Waals surface area (Å²) in [5.41, 5.74) is 6.65. The number of benzene rings is 3. The molecule has 5 heteroatoms. The highest BCUT2D eigenvalue weighted by Gasteiger charge is 2.17. The van der Waals surface area contributed by atoms with Gasteiger partial charge in [-0.05, 0) is 71.3 Å². The van der Waals surface area contributed by atoms with Gasteiger partial charge in [-0.2, -0.15) is 0 Å². The number of halogens is 1. The number of para-hydroxylation sites is 1. The van der Waals surface area contributed by atoms with Crippen molar-refractivity contribution in [3.63, 3.8) is 0 Å². The van der Waals surface area contributed by atoms with Gasteiger partial charge in [0.15, 0.2) is 0 Å². The monoisotopic (exact) mass is 437 g/mol. The fourth-order valence-electron chi connectivity index (χ4n) is 4.04. The van der Waals surface area contributed by atoms with Gasteiger partial charge in [-0.1, -0.05) is 41.9 Å². The predicted octanol–water partition coefficient (Wildman–Crippen LogP) is 7.23. The molecule has 0 saturated heterocycles. The van der Waals surface area contributed by atoms with Crippen LogP contribution in [0.5, 0.6) is 0 Å². The fourth-order valence-corrected chi connectivity index (χ4v) is 4.15. The molecule has 1 N–H and O–H groups in total. The Morgan fingerprint density at radius 3 is 2.41 bits per heavy atom. The van der Waals surface area contributed by atoms with Gasteiger partial charge in [0.05, 0.1) is 5.69 Å². The second kappa shape index (κ2) is 8.33. The van der Waals surface area contributed by atoms with Crippen LogP contribution in [0, 0.1) is 0 Å². The molecule has 0 radical (unpaired) electrons. The minimum atomic E-state index is -0.0617. The molecule has 2 heterocycles. The van der Waals surface area contributed by atoms with E-state index >= 15 is 0 Å². The van der Waals surface area contributed by atoms with Crippen molar-refractivity contribution < 1.29 is 4.79 Å². The van der Waals surface area contributed by atoms with Crippen molar-refractivity contribution in [3.05, 3.63) is 102 Å². The van der Waals surface area contributed by atoms with Gasteiger partial charge < -0.3 is 4.98 Å². The minimum Gasteiger partial charge on any atom is -0.361 e. The largest absolute Gasteiger partial charge is 0.361 e. The summed E-state index contributed by atoms with van der Waals surface area (Å²) in [5.74, 6) is -0.0617. The number of amides is 1. The van der Waals surface area contributed by atoms with E-state index in [1.807, 2.05) is 54.7 Å². The zero-order chi connectivity index (χ0) is 22.1. The normalized spacial score (nSPS) is 10.9. The maximum Gasteiger partial charge on any atom is 0.228 e. The first-order chi connectivity index (χ1) is 15.6. The maximum absolute atomic E-state index is 12.7. The van der Waals surface area contributed by atoms with Crippen molar-refractivity contribution in [2.24, 2.45) is 0 Å². The smallest absolute Gasteiger partial charge is 0.228 e. The van der Waals surface area contributed by atoms with Gasteiger partial charge in [-0.15, -0.1) is 0 Å². The average Bonchev–Trinajstić information content (AvgIpc) is 3.29. The predicted molar refractivity (Wildman–Crippen MR) is 131 cm³/mol. The van der Waals surface area contributed by atoms with Gasteiger partial charge in [0.1, 0.15) is 5.15 Å². The van der Waals surface area contributed by atoms with E-state index < -0.39 is 0 Å². The number of H-pyrrole nitrogens is 1. The number of hydrogen-bond donors (Lipinski definition) is 1. The van der Waals surface area contributed by atoms with E-state index in [1.54, 1.807) is 24.1 Å². The fraction of sp³-hybridized carbons (Fsp3) is 0.0370. The van der Waals surface area contributed by atoms with Crippen LogP contribution >= 0.6 is 11.6 Å². The van der Waals surface area contributed by atoms with Crippen LogP contribution in [0.1, 0.15) is 6.92 Å². The second-order valence-corrected chi connectivity index (χ2v) is 7.96. The lowest BCUT2D eigenvalue weighted by Crippen LogP contribution is -2.22. The van der Waals surface area contributed by atoms with Crippen molar-refractivity contribution in [3.8, 4) is 22.3 Å². The summed E-state index contributed by atoms with van der Waals surface area (Å²) in [6.07, 6.45) is 3.69. The van der Waals surface area contributed by atoms with Crippen LogP contribution in [0.3, 0.4) is 0 Å². The van der Waals surface area contributed by atoms with Crippen LogP contribution in [-0.4, -0.2) is 15.9 Å². The SMILES string of the molecule is CC(=O)N(c1ccccc1)c1cc(-c2ccc(Cl)nc2)cc(-c2cccc3[nH]ccc23)c1. The summed E-state index contributed by atoms with van der Waals surface area (Å²) >= 11 is 6.02. The van der Waals surface area contributed by atoms with Crippen molar-refractivity contribution in [2.45, 2.75) is 6.92 Å². The second-order valence-electron chi connectivity index (χ2n) is 7.57. The number of hydrogen-bond acceptors (Lipinski definition) is 2. The Morgan fingerprint density at radius 2 is 1.66 bits per heavy atom. The maximum atomic E-state index is 12.7. The third-order valence-corrected chi connectivity index (χ3v) is 5.70. The Bertz CT molecular complexity index is 1410. The van der Waals surface area contributed by atoms with E-state index in [1.165, 1.54) is 0 Å². The highest BCUT2D eigenvalue weighted by Crippen LogP contribution is 2.37. The third kappa shape index (κ3) is 3.77. The Morgan fingerprint density at radius 1 is 0.844 bits per heavy atom. The number of anilines is 2. The molecule has 0 atom stereocenters. The van der Waals surface area contributed by atoms with Gasteiger partial charge in [-0.25, -0.2) is 4.98 Å². The average molecular weight is 438 g/mol. The molecule has 5 aromatic rings. The minimum absolute atomic E-state index is 0.0617. The number of rotatable bonds is 4. The summed E-state index contributed by atoms with van der Waals surface area (Å²) in [7, 11) is 0. The Labute approximate surface area is 191 Å². The van der Waals surface area contributed by atoms with Crippen LogP contribution < -0.4 is 4.90 Å². The Balaban J connectivity index is 1.75. The number of carbonyl (C=O) groups is 1. The molecule has 0 aliphatic heterocycles. The van der Waals surface area contributed by atoms with Gasteiger partial charge in [-0.3, -0.25) is 9.69 Å². The van der Waals surface area contributed by atoms with E-state index in [-0.39, 0.29) is 5.91 Å². The highest BCUT2D eigenvalue weighted by atomic mass is 35.5. The molecule has 4 nitrogen and oxygen atoms in total. The molecule has 0 aliphatic carbocycles. The van der Waals surface area contributed by atoms with Crippen LogP contribution in [0.15, 0.2) is 97.3 Å².